The number of nitrogens with zero attached hydrogens (tertiary/aromatic N) is 1. The van der Waals surface area contributed by atoms with E-state index in [9.17, 15) is 4.79 Å². The third-order valence-corrected chi connectivity index (χ3v) is 3.61. The first kappa shape index (κ1) is 13.0. The first-order valence-corrected chi connectivity index (χ1v) is 5.89. The molecule has 0 aromatic carbocycles. The van der Waals surface area contributed by atoms with Gasteiger partial charge in [-0.15, -0.1) is 0 Å². The maximum Gasteiger partial charge on any atom is 0.240 e. The Hall–Kier alpha value is -1.08. The van der Waals surface area contributed by atoms with Crippen LogP contribution in [0, 0.1) is 22.7 Å². The van der Waals surface area contributed by atoms with Crippen molar-refractivity contribution >= 4 is 5.91 Å². The van der Waals surface area contributed by atoms with E-state index in [1.54, 1.807) is 0 Å². The van der Waals surface area contributed by atoms with Crippen molar-refractivity contribution in [3.63, 3.8) is 0 Å². The van der Waals surface area contributed by atoms with Crippen molar-refractivity contribution in [2.75, 3.05) is 6.61 Å². The molecule has 0 saturated heterocycles. The van der Waals surface area contributed by atoms with E-state index in [2.05, 4.69) is 11.4 Å². The van der Waals surface area contributed by atoms with E-state index in [1.165, 1.54) is 0 Å². The van der Waals surface area contributed by atoms with Crippen molar-refractivity contribution in [2.24, 2.45) is 11.3 Å². The van der Waals surface area contributed by atoms with Gasteiger partial charge in [-0.05, 0) is 25.7 Å². The van der Waals surface area contributed by atoms with Gasteiger partial charge in [0.05, 0.1) is 6.07 Å². The Labute approximate surface area is 96.6 Å². The third-order valence-electron chi connectivity index (χ3n) is 3.61. The van der Waals surface area contributed by atoms with Crippen LogP contribution < -0.4 is 5.32 Å². The SMILES string of the molecule is CC(CO)C(C)NC(=O)C1(C#N)CCCC1. The lowest BCUT2D eigenvalue weighted by molar-refractivity contribution is -0.129. The molecular formula is C12H20N2O2. The Kier molecular flexibility index (Phi) is 4.31. The number of hydrogen-bond donors (Lipinski definition) is 2. The first-order chi connectivity index (χ1) is 7.55. The lowest BCUT2D eigenvalue weighted by atomic mass is 9.86. The van der Waals surface area contributed by atoms with Gasteiger partial charge in [-0.3, -0.25) is 4.79 Å². The van der Waals surface area contributed by atoms with Crippen LogP contribution in [0.1, 0.15) is 39.5 Å². The summed E-state index contributed by atoms with van der Waals surface area (Å²) in [6, 6.07) is 2.07. The Morgan fingerprint density at radius 2 is 2.06 bits per heavy atom. The van der Waals surface area contributed by atoms with Gasteiger partial charge < -0.3 is 10.4 Å². The molecule has 0 radical (unpaired) electrons. The Morgan fingerprint density at radius 1 is 1.50 bits per heavy atom. The zero-order chi connectivity index (χ0) is 12.2. The van der Waals surface area contributed by atoms with Crippen molar-refractivity contribution in [2.45, 2.75) is 45.6 Å². The van der Waals surface area contributed by atoms with Crippen LogP contribution in [0.2, 0.25) is 0 Å². The molecule has 1 saturated carbocycles. The van der Waals surface area contributed by atoms with E-state index in [1.807, 2.05) is 13.8 Å². The molecule has 4 heteroatoms. The maximum absolute atomic E-state index is 12.0. The van der Waals surface area contributed by atoms with Crippen LogP contribution >= 0.6 is 0 Å². The van der Waals surface area contributed by atoms with Crippen LogP contribution in [0.25, 0.3) is 0 Å². The second-order valence-electron chi connectivity index (χ2n) is 4.82. The van der Waals surface area contributed by atoms with Crippen LogP contribution in [0.15, 0.2) is 0 Å². The van der Waals surface area contributed by atoms with Gasteiger partial charge >= 0.3 is 0 Å². The summed E-state index contributed by atoms with van der Waals surface area (Å²) < 4.78 is 0. The van der Waals surface area contributed by atoms with E-state index in [0.29, 0.717) is 12.8 Å². The molecule has 1 aliphatic rings. The number of nitriles is 1. The average Bonchev–Trinajstić information content (AvgIpc) is 2.77. The highest BCUT2D eigenvalue weighted by molar-refractivity contribution is 5.85. The number of hydrogen-bond acceptors (Lipinski definition) is 3. The molecule has 0 bridgehead atoms. The van der Waals surface area contributed by atoms with Crippen molar-refractivity contribution < 1.29 is 9.90 Å². The van der Waals surface area contributed by atoms with E-state index in [4.69, 9.17) is 10.4 Å². The van der Waals surface area contributed by atoms with Crippen LogP contribution in [0.5, 0.6) is 0 Å². The summed E-state index contributed by atoms with van der Waals surface area (Å²) in [4.78, 5) is 12.0. The van der Waals surface area contributed by atoms with Crippen molar-refractivity contribution in [1.29, 1.82) is 5.26 Å². The molecule has 16 heavy (non-hydrogen) atoms. The molecule has 4 nitrogen and oxygen atoms in total. The van der Waals surface area contributed by atoms with Gasteiger partial charge in [0.15, 0.2) is 0 Å². The molecule has 1 amide bonds. The molecule has 0 spiro atoms. The van der Waals surface area contributed by atoms with Gasteiger partial charge in [0.2, 0.25) is 5.91 Å². The Morgan fingerprint density at radius 3 is 2.50 bits per heavy atom. The van der Waals surface area contributed by atoms with Gasteiger partial charge in [-0.2, -0.15) is 5.26 Å². The van der Waals surface area contributed by atoms with E-state index in [-0.39, 0.29) is 24.5 Å². The number of aliphatic hydroxyl groups excluding tert-OH is 1. The Bertz CT molecular complexity index is 290. The van der Waals surface area contributed by atoms with Crippen molar-refractivity contribution in [3.05, 3.63) is 0 Å². The molecule has 2 unspecified atom stereocenters. The van der Waals surface area contributed by atoms with Gasteiger partial charge in [0, 0.05) is 12.6 Å². The summed E-state index contributed by atoms with van der Waals surface area (Å²) in [5.41, 5.74) is -0.816. The van der Waals surface area contributed by atoms with Gasteiger partial charge in [0.1, 0.15) is 5.41 Å². The fourth-order valence-electron chi connectivity index (χ4n) is 2.01. The number of rotatable bonds is 4. The van der Waals surface area contributed by atoms with Gasteiger partial charge in [-0.25, -0.2) is 0 Å². The molecule has 90 valence electrons. The molecule has 0 aromatic rings. The summed E-state index contributed by atoms with van der Waals surface area (Å²) in [6.07, 6.45) is 3.22. The minimum Gasteiger partial charge on any atom is -0.396 e. The molecule has 0 aromatic heterocycles. The highest BCUT2D eigenvalue weighted by Crippen LogP contribution is 2.37. The van der Waals surface area contributed by atoms with Crippen LogP contribution in [-0.2, 0) is 4.79 Å². The topological polar surface area (TPSA) is 73.1 Å². The quantitative estimate of drug-likeness (QED) is 0.753. The zero-order valence-corrected chi connectivity index (χ0v) is 9.99. The van der Waals surface area contributed by atoms with E-state index in [0.717, 1.165) is 12.8 Å². The molecule has 1 aliphatic carbocycles. The molecule has 2 atom stereocenters. The summed E-state index contributed by atoms with van der Waals surface area (Å²) in [5, 5.41) is 21.0. The number of carbonyl (C=O) groups excluding carboxylic acids is 1. The average molecular weight is 224 g/mol. The van der Waals surface area contributed by atoms with Crippen LogP contribution in [-0.4, -0.2) is 23.7 Å². The highest BCUT2D eigenvalue weighted by Gasteiger charge is 2.42. The Balaban J connectivity index is 2.61. The second-order valence-corrected chi connectivity index (χ2v) is 4.82. The smallest absolute Gasteiger partial charge is 0.240 e. The lowest BCUT2D eigenvalue weighted by Crippen LogP contribution is -2.45. The standard InChI is InChI=1S/C12H20N2O2/c1-9(7-15)10(2)14-11(16)12(8-13)5-3-4-6-12/h9-10,15H,3-7H2,1-2H3,(H,14,16). The molecule has 2 N–H and O–H groups in total. The minimum atomic E-state index is -0.816. The fraction of sp³-hybridized carbons (Fsp3) is 0.833. The third kappa shape index (κ3) is 2.53. The predicted molar refractivity (Wildman–Crippen MR) is 60.4 cm³/mol. The van der Waals surface area contributed by atoms with Crippen molar-refractivity contribution in [3.8, 4) is 6.07 Å². The molecular weight excluding hydrogens is 204 g/mol. The normalized spacial score (nSPS) is 22.1. The van der Waals surface area contributed by atoms with Crippen LogP contribution in [0.4, 0.5) is 0 Å². The number of aliphatic hydroxyl groups is 1. The van der Waals surface area contributed by atoms with E-state index >= 15 is 0 Å². The second kappa shape index (κ2) is 5.31. The number of nitrogens with one attached hydrogen (secondary N) is 1. The largest absolute Gasteiger partial charge is 0.396 e. The monoisotopic (exact) mass is 224 g/mol. The lowest BCUT2D eigenvalue weighted by Gasteiger charge is -2.25. The zero-order valence-electron chi connectivity index (χ0n) is 9.99. The first-order valence-electron chi connectivity index (χ1n) is 5.89. The fourth-order valence-corrected chi connectivity index (χ4v) is 2.01. The number of carbonyl (C=O) groups is 1. The molecule has 1 rings (SSSR count). The summed E-state index contributed by atoms with van der Waals surface area (Å²) >= 11 is 0. The van der Waals surface area contributed by atoms with Crippen molar-refractivity contribution in [1.82, 2.24) is 5.32 Å². The maximum atomic E-state index is 12.0. The highest BCUT2D eigenvalue weighted by atomic mass is 16.3. The van der Waals surface area contributed by atoms with Gasteiger partial charge in [-0.1, -0.05) is 19.8 Å². The molecule has 0 heterocycles. The van der Waals surface area contributed by atoms with E-state index < -0.39 is 5.41 Å². The molecule has 0 aliphatic heterocycles. The predicted octanol–water partition coefficient (Wildman–Crippen LogP) is 1.20. The molecule has 1 fully saturated rings. The number of amides is 1. The minimum absolute atomic E-state index is 0.0149. The van der Waals surface area contributed by atoms with Gasteiger partial charge in [0.25, 0.3) is 0 Å². The summed E-state index contributed by atoms with van der Waals surface area (Å²) in [6.45, 7) is 3.78. The summed E-state index contributed by atoms with van der Waals surface area (Å²) in [5.74, 6) is -0.151. The van der Waals surface area contributed by atoms with Crippen LogP contribution in [0.3, 0.4) is 0 Å². The summed E-state index contributed by atoms with van der Waals surface area (Å²) in [7, 11) is 0.